The number of benzene rings is 1. The third kappa shape index (κ3) is 3.25. The van der Waals surface area contributed by atoms with E-state index >= 15 is 0 Å². The summed E-state index contributed by atoms with van der Waals surface area (Å²) in [6.45, 7) is 6.49. The molecule has 0 bridgehead atoms. The van der Waals surface area contributed by atoms with E-state index < -0.39 is 12.0 Å². The molecule has 0 aromatic heterocycles. The maximum Gasteiger partial charge on any atom is 0.327 e. The molecule has 1 saturated carbocycles. The fourth-order valence-corrected chi connectivity index (χ4v) is 4.34. The Morgan fingerprint density at radius 2 is 1.78 bits per heavy atom. The Balaban J connectivity index is 1.88. The lowest BCUT2D eigenvalue weighted by molar-refractivity contribution is -0.149. The molecule has 2 atom stereocenters. The van der Waals surface area contributed by atoms with Crippen molar-refractivity contribution in [2.45, 2.75) is 50.4 Å². The lowest BCUT2D eigenvalue weighted by atomic mass is 9.86. The van der Waals surface area contributed by atoms with Crippen LogP contribution in [0.25, 0.3) is 0 Å². The minimum absolute atomic E-state index is 0.00676. The second-order valence-corrected chi connectivity index (χ2v) is 8.54. The van der Waals surface area contributed by atoms with Crippen LogP contribution in [0.15, 0.2) is 24.3 Å². The smallest absolute Gasteiger partial charge is 0.327 e. The molecule has 1 aliphatic heterocycles. The minimum Gasteiger partial charge on any atom is -0.480 e. The molecule has 23 heavy (non-hydrogen) atoms. The van der Waals surface area contributed by atoms with Crippen molar-refractivity contribution in [2.24, 2.45) is 5.92 Å². The lowest BCUT2D eigenvalue weighted by Gasteiger charge is -2.28. The van der Waals surface area contributed by atoms with Gasteiger partial charge in [0.15, 0.2) is 0 Å². The molecule has 2 aliphatic rings. The summed E-state index contributed by atoms with van der Waals surface area (Å²) in [5.41, 5.74) is 2.33. The normalized spacial score (nSPS) is 24.7. The summed E-state index contributed by atoms with van der Waals surface area (Å²) in [7, 11) is 0. The highest BCUT2D eigenvalue weighted by molar-refractivity contribution is 7.99. The van der Waals surface area contributed by atoms with Gasteiger partial charge in [-0.25, -0.2) is 4.79 Å². The van der Waals surface area contributed by atoms with Crippen molar-refractivity contribution in [1.82, 2.24) is 4.90 Å². The van der Waals surface area contributed by atoms with Crippen LogP contribution >= 0.6 is 11.8 Å². The maximum absolute atomic E-state index is 12.6. The summed E-state index contributed by atoms with van der Waals surface area (Å²) in [4.78, 5) is 25.7. The van der Waals surface area contributed by atoms with Crippen LogP contribution < -0.4 is 0 Å². The first kappa shape index (κ1) is 16.4. The molecule has 5 heteroatoms. The number of aliphatic carboxylic acids is 1. The molecule has 1 aromatic rings. The van der Waals surface area contributed by atoms with Gasteiger partial charge < -0.3 is 10.0 Å². The molecule has 4 nitrogen and oxygen atoms in total. The summed E-state index contributed by atoms with van der Waals surface area (Å²) in [6.07, 6.45) is 1.78. The molecule has 2 unspecified atom stereocenters. The number of hydrogen-bond donors (Lipinski definition) is 1. The van der Waals surface area contributed by atoms with Crippen LogP contribution in [0.4, 0.5) is 0 Å². The van der Waals surface area contributed by atoms with Gasteiger partial charge in [-0.1, -0.05) is 45.0 Å². The van der Waals surface area contributed by atoms with E-state index in [1.807, 2.05) is 12.1 Å². The van der Waals surface area contributed by atoms with Crippen LogP contribution in [-0.2, 0) is 15.0 Å². The molecule has 2 fully saturated rings. The molecule has 1 heterocycles. The Labute approximate surface area is 141 Å². The Morgan fingerprint density at radius 3 is 2.26 bits per heavy atom. The third-order valence-electron chi connectivity index (χ3n) is 4.53. The number of nitrogens with zero attached hydrogens (tertiary/aromatic N) is 1. The SMILES string of the molecule is CC(C)(C)c1ccc(C2SCC(C(=O)O)N2C(=O)C2CC2)cc1. The average molecular weight is 333 g/mol. The number of carboxylic acid groups (broad SMARTS) is 1. The largest absolute Gasteiger partial charge is 0.480 e. The summed E-state index contributed by atoms with van der Waals surface area (Å²) >= 11 is 1.55. The highest BCUT2D eigenvalue weighted by Crippen LogP contribution is 2.45. The van der Waals surface area contributed by atoms with Gasteiger partial charge >= 0.3 is 5.97 Å². The molecule has 1 saturated heterocycles. The summed E-state index contributed by atoms with van der Waals surface area (Å²) in [5.74, 6) is -0.404. The van der Waals surface area contributed by atoms with Crippen LogP contribution in [0.3, 0.4) is 0 Å². The lowest BCUT2D eigenvalue weighted by Crippen LogP contribution is -2.43. The number of thioether (sulfide) groups is 1. The zero-order chi connectivity index (χ0) is 16.8. The number of carbonyl (C=O) groups excluding carboxylic acids is 1. The quantitative estimate of drug-likeness (QED) is 0.921. The van der Waals surface area contributed by atoms with Crippen molar-refractivity contribution in [2.75, 3.05) is 5.75 Å². The highest BCUT2D eigenvalue weighted by atomic mass is 32.2. The zero-order valence-electron chi connectivity index (χ0n) is 13.8. The predicted molar refractivity (Wildman–Crippen MR) is 91.3 cm³/mol. The number of amides is 1. The molecule has 3 rings (SSSR count). The van der Waals surface area contributed by atoms with Crippen molar-refractivity contribution in [3.8, 4) is 0 Å². The van der Waals surface area contributed by atoms with Crippen LogP contribution in [0.2, 0.25) is 0 Å². The number of hydrogen-bond acceptors (Lipinski definition) is 3. The summed E-state index contributed by atoms with van der Waals surface area (Å²) < 4.78 is 0. The van der Waals surface area contributed by atoms with Crippen LogP contribution in [0, 0.1) is 5.92 Å². The van der Waals surface area contributed by atoms with Gasteiger partial charge in [0, 0.05) is 11.7 Å². The number of carbonyl (C=O) groups is 2. The molecule has 1 aliphatic carbocycles. The fourth-order valence-electron chi connectivity index (χ4n) is 2.91. The van der Waals surface area contributed by atoms with Crippen LogP contribution in [0.5, 0.6) is 0 Å². The van der Waals surface area contributed by atoms with E-state index in [-0.39, 0.29) is 22.6 Å². The van der Waals surface area contributed by atoms with Gasteiger partial charge in [-0.2, -0.15) is 0 Å². The van der Waals surface area contributed by atoms with Crippen molar-refractivity contribution in [3.63, 3.8) is 0 Å². The van der Waals surface area contributed by atoms with Gasteiger partial charge in [0.2, 0.25) is 5.91 Å². The van der Waals surface area contributed by atoms with Gasteiger partial charge in [-0.3, -0.25) is 4.79 Å². The third-order valence-corrected chi connectivity index (χ3v) is 5.85. The van der Waals surface area contributed by atoms with Gasteiger partial charge in [0.05, 0.1) is 0 Å². The van der Waals surface area contributed by atoms with E-state index in [1.54, 1.807) is 16.7 Å². The van der Waals surface area contributed by atoms with Crippen LogP contribution in [0.1, 0.15) is 50.1 Å². The first-order valence-corrected chi connectivity index (χ1v) is 9.11. The standard InChI is InChI=1S/C18H23NO3S/c1-18(2,3)13-8-6-12(7-9-13)16-19(15(20)11-4-5-11)14(10-23-16)17(21)22/h6-9,11,14,16H,4-5,10H2,1-3H3,(H,21,22). The van der Waals surface area contributed by atoms with Gasteiger partial charge in [0.25, 0.3) is 0 Å². The molecular weight excluding hydrogens is 310 g/mol. The van der Waals surface area contributed by atoms with E-state index in [2.05, 4.69) is 32.9 Å². The predicted octanol–water partition coefficient (Wildman–Crippen LogP) is 3.42. The minimum atomic E-state index is -0.902. The van der Waals surface area contributed by atoms with Crippen LogP contribution in [-0.4, -0.2) is 33.7 Å². The molecule has 1 amide bonds. The van der Waals surface area contributed by atoms with Crippen molar-refractivity contribution >= 4 is 23.6 Å². The van der Waals surface area contributed by atoms with Gasteiger partial charge in [-0.15, -0.1) is 11.8 Å². The first-order chi connectivity index (χ1) is 10.8. The molecule has 0 spiro atoms. The highest BCUT2D eigenvalue weighted by Gasteiger charge is 2.46. The van der Waals surface area contributed by atoms with E-state index in [0.717, 1.165) is 18.4 Å². The van der Waals surface area contributed by atoms with Crippen molar-refractivity contribution < 1.29 is 14.7 Å². The van der Waals surface area contributed by atoms with Crippen molar-refractivity contribution in [1.29, 1.82) is 0 Å². The van der Waals surface area contributed by atoms with E-state index in [4.69, 9.17) is 0 Å². The number of rotatable bonds is 3. The molecule has 1 N–H and O–H groups in total. The average Bonchev–Trinajstić information content (AvgIpc) is 3.23. The van der Waals surface area contributed by atoms with E-state index in [0.29, 0.717) is 5.75 Å². The Morgan fingerprint density at radius 1 is 1.17 bits per heavy atom. The van der Waals surface area contributed by atoms with E-state index in [9.17, 15) is 14.7 Å². The monoisotopic (exact) mass is 333 g/mol. The number of carboxylic acids is 1. The molecule has 124 valence electrons. The summed E-state index contributed by atoms with van der Waals surface area (Å²) in [6, 6.07) is 7.54. The second-order valence-electron chi connectivity index (χ2n) is 7.43. The first-order valence-electron chi connectivity index (χ1n) is 8.06. The zero-order valence-corrected chi connectivity index (χ0v) is 14.6. The van der Waals surface area contributed by atoms with Crippen molar-refractivity contribution in [3.05, 3.63) is 35.4 Å². The van der Waals surface area contributed by atoms with Gasteiger partial charge in [-0.05, 0) is 29.4 Å². The maximum atomic E-state index is 12.6. The molecule has 1 aromatic carbocycles. The van der Waals surface area contributed by atoms with E-state index in [1.165, 1.54) is 5.56 Å². The Hall–Kier alpha value is -1.49. The molecular formula is C18H23NO3S. The fraction of sp³-hybridized carbons (Fsp3) is 0.556. The van der Waals surface area contributed by atoms with Gasteiger partial charge in [0.1, 0.15) is 11.4 Å². The Bertz CT molecular complexity index is 616. The Kier molecular flexibility index (Phi) is 4.17. The second kappa shape index (κ2) is 5.86. The summed E-state index contributed by atoms with van der Waals surface area (Å²) in [5, 5.41) is 9.26. The topological polar surface area (TPSA) is 57.6 Å². The molecule has 0 radical (unpaired) electrons.